The van der Waals surface area contributed by atoms with E-state index in [2.05, 4.69) is 177 Å². The third-order valence-corrected chi connectivity index (χ3v) is 17.6. The van der Waals surface area contributed by atoms with Crippen LogP contribution in [0.5, 0.6) is 0 Å². The molecular formula is C39H38Br2Cl2Zr. The molecule has 0 radical (unpaired) electrons. The maximum atomic E-state index is 3.82. The first kappa shape index (κ1) is 35.5. The molecule has 0 saturated heterocycles. The normalized spacial score (nSPS) is 13.4. The minimum Gasteiger partial charge on any atom is -1.00 e. The maximum absolute atomic E-state index is 3.82. The molecule has 0 fully saturated rings. The van der Waals surface area contributed by atoms with E-state index in [1.54, 1.807) is 12.0 Å². The number of benzene rings is 4. The average molecular weight is 829 g/mol. The summed E-state index contributed by atoms with van der Waals surface area (Å²) >= 11 is 4.86. The molecule has 0 heterocycles. The zero-order valence-electron chi connectivity index (χ0n) is 26.1. The molecule has 226 valence electrons. The Kier molecular flexibility index (Phi) is 11.1. The minimum atomic E-state index is -2.77. The molecular weight excluding hydrogens is 790 g/mol. The number of hydrogen-bond acceptors (Lipinski definition) is 0. The summed E-state index contributed by atoms with van der Waals surface area (Å²) in [6.45, 7) is 14.2. The molecule has 2 aliphatic rings. The van der Waals surface area contributed by atoms with E-state index < -0.39 is 21.3 Å². The van der Waals surface area contributed by atoms with Crippen LogP contribution in [0.4, 0.5) is 0 Å². The van der Waals surface area contributed by atoms with E-state index >= 15 is 0 Å². The van der Waals surface area contributed by atoms with Gasteiger partial charge in [-0.05, 0) is 0 Å². The summed E-state index contributed by atoms with van der Waals surface area (Å²) in [6, 6.07) is 30.2. The number of allylic oxidation sites excluding steroid dienone is 4. The van der Waals surface area contributed by atoms with Crippen LogP contribution >= 0.6 is 31.9 Å². The van der Waals surface area contributed by atoms with Gasteiger partial charge < -0.3 is 24.8 Å². The van der Waals surface area contributed by atoms with Gasteiger partial charge in [-0.2, -0.15) is 0 Å². The molecule has 0 amide bonds. The van der Waals surface area contributed by atoms with Gasteiger partial charge in [0.2, 0.25) is 0 Å². The Morgan fingerprint density at radius 2 is 1.25 bits per heavy atom. The van der Waals surface area contributed by atoms with E-state index in [0.29, 0.717) is 3.63 Å². The van der Waals surface area contributed by atoms with Gasteiger partial charge in [0.15, 0.2) is 0 Å². The Bertz CT molecular complexity index is 1740. The smallest absolute Gasteiger partial charge is 1.00 e. The van der Waals surface area contributed by atoms with Gasteiger partial charge in [0.05, 0.1) is 0 Å². The van der Waals surface area contributed by atoms with Crippen LogP contribution in [0.3, 0.4) is 0 Å². The van der Waals surface area contributed by atoms with E-state index in [0.717, 1.165) is 15.4 Å². The zero-order chi connectivity index (χ0) is 29.8. The number of rotatable bonds is 4. The van der Waals surface area contributed by atoms with Crippen molar-refractivity contribution in [2.24, 2.45) is 0 Å². The number of hydrogen-bond donors (Lipinski definition) is 0. The molecule has 5 heteroatoms. The Morgan fingerprint density at radius 1 is 0.682 bits per heavy atom. The van der Waals surface area contributed by atoms with E-state index in [-0.39, 0.29) is 35.6 Å². The second-order valence-electron chi connectivity index (χ2n) is 13.7. The fraction of sp³-hybridized carbons (Fsp3) is 0.256. The molecule has 0 aromatic heterocycles. The Labute approximate surface area is 300 Å². The van der Waals surface area contributed by atoms with Crippen LogP contribution in [0.1, 0.15) is 74.9 Å². The van der Waals surface area contributed by atoms with Crippen LogP contribution in [0.2, 0.25) is 3.63 Å². The molecule has 0 atom stereocenters. The fourth-order valence-corrected chi connectivity index (χ4v) is 16.5. The molecule has 4 aromatic rings. The largest absolute Gasteiger partial charge is 1.00 e. The van der Waals surface area contributed by atoms with Crippen LogP contribution in [0.15, 0.2) is 112 Å². The molecule has 0 N–H and O–H groups in total. The van der Waals surface area contributed by atoms with Crippen molar-refractivity contribution in [2.45, 2.75) is 62.4 Å². The second-order valence-corrected chi connectivity index (χ2v) is 21.6. The summed E-state index contributed by atoms with van der Waals surface area (Å²) in [4.78, 5) is 0. The topological polar surface area (TPSA) is 0 Å². The zero-order valence-corrected chi connectivity index (χ0v) is 33.3. The van der Waals surface area contributed by atoms with Gasteiger partial charge >= 0.3 is 279 Å². The van der Waals surface area contributed by atoms with Gasteiger partial charge in [-0.1, -0.05) is 0 Å². The number of halogens is 4. The van der Waals surface area contributed by atoms with E-state index in [4.69, 9.17) is 0 Å². The van der Waals surface area contributed by atoms with Gasteiger partial charge in [0.1, 0.15) is 0 Å². The van der Waals surface area contributed by atoms with Crippen molar-refractivity contribution in [3.05, 3.63) is 145 Å². The van der Waals surface area contributed by atoms with Crippen LogP contribution in [-0.4, -0.2) is 3.21 Å². The molecule has 6 rings (SSSR count). The first-order chi connectivity index (χ1) is 19.9. The van der Waals surface area contributed by atoms with E-state index in [1.165, 1.54) is 38.9 Å². The molecule has 44 heavy (non-hydrogen) atoms. The Hall–Kier alpha value is -1.35. The van der Waals surface area contributed by atoms with Crippen molar-refractivity contribution < 1.29 is 46.1 Å². The first-order valence-electron chi connectivity index (χ1n) is 14.8. The summed E-state index contributed by atoms with van der Waals surface area (Å²) in [6.07, 6.45) is 10.5. The van der Waals surface area contributed by atoms with Crippen LogP contribution < -0.4 is 28.1 Å². The van der Waals surface area contributed by atoms with Gasteiger partial charge in [-0.15, -0.1) is 0 Å². The third-order valence-electron chi connectivity index (χ3n) is 8.60. The predicted molar refractivity (Wildman–Crippen MR) is 185 cm³/mol. The molecule has 0 bridgehead atoms. The van der Waals surface area contributed by atoms with E-state index in [9.17, 15) is 0 Å². The second kappa shape index (κ2) is 13.8. The van der Waals surface area contributed by atoms with Crippen molar-refractivity contribution in [1.82, 2.24) is 0 Å². The summed E-state index contributed by atoms with van der Waals surface area (Å²) < 4.78 is 5.95. The predicted octanol–water partition coefficient (Wildman–Crippen LogP) is 4.81. The number of fused-ring (bicyclic) bond motifs is 3. The Morgan fingerprint density at radius 3 is 1.77 bits per heavy atom. The van der Waals surface area contributed by atoms with Gasteiger partial charge in [0, 0.05) is 0 Å². The van der Waals surface area contributed by atoms with Crippen LogP contribution in [0, 0.1) is 0 Å². The van der Waals surface area contributed by atoms with Gasteiger partial charge in [-0.3, -0.25) is 0 Å². The van der Waals surface area contributed by atoms with Crippen molar-refractivity contribution in [3.8, 4) is 11.1 Å². The molecule has 2 aliphatic carbocycles. The standard InChI is InChI=1S/C21H25.C13H8Br2.C5H5.2ClH.Zr/c1-20(2,3)16-7-9-18-14(12-16)11-15-13-17(21(4,5)6)8-10-19(15)18;14-12-5-1-3-10(8-12)7-11-4-2-6-13(15)9-11;1-2-4-5-3-1;;;/h7-10,12H,11H2,1-6H3;1-6,8-9H;1-5H;2*1H;/q;;;;;+2/p-2. The van der Waals surface area contributed by atoms with Crippen LogP contribution in [-0.2, 0) is 38.5 Å². The quantitative estimate of drug-likeness (QED) is 0.244. The Balaban J connectivity index is 0.00000221. The van der Waals surface area contributed by atoms with Crippen molar-refractivity contribution >= 4 is 38.3 Å². The summed E-state index contributed by atoms with van der Waals surface area (Å²) in [5.41, 5.74) is 11.7. The van der Waals surface area contributed by atoms with Crippen molar-refractivity contribution in [1.29, 1.82) is 0 Å². The first-order valence-corrected chi connectivity index (χ1v) is 20.3. The molecule has 0 spiro atoms. The SMILES string of the molecule is CC(C)(C)c1ccc2c(c1)Cc1c-2ccc(C(C)(C)C)[c]1[Zr+2](=[C](c1cccc(Br)c1)c1cccc(Br)c1)[CH]1C=CC=C1.[Cl-].[Cl-]. The van der Waals surface area contributed by atoms with Crippen molar-refractivity contribution in [2.75, 3.05) is 0 Å². The molecule has 0 saturated carbocycles. The fourth-order valence-electron chi connectivity index (χ4n) is 6.52. The molecule has 0 nitrogen and oxygen atoms in total. The average Bonchev–Trinajstić information content (AvgIpc) is 3.58. The summed E-state index contributed by atoms with van der Waals surface area (Å²) in [5, 5.41) is 0. The van der Waals surface area contributed by atoms with E-state index in [1.807, 2.05) is 0 Å². The van der Waals surface area contributed by atoms with Gasteiger partial charge in [0.25, 0.3) is 0 Å². The minimum absolute atomic E-state index is 0. The van der Waals surface area contributed by atoms with Gasteiger partial charge in [-0.25, -0.2) is 0 Å². The summed E-state index contributed by atoms with van der Waals surface area (Å²) in [5.74, 6) is 0. The molecule has 4 aromatic carbocycles. The maximum Gasteiger partial charge on any atom is -1.00 e. The summed E-state index contributed by atoms with van der Waals surface area (Å²) in [7, 11) is 0. The van der Waals surface area contributed by atoms with Crippen LogP contribution in [0.25, 0.3) is 11.1 Å². The monoisotopic (exact) mass is 824 g/mol. The molecule has 0 aliphatic heterocycles. The molecule has 0 unspecified atom stereocenters. The third kappa shape index (κ3) is 6.99. The van der Waals surface area contributed by atoms with Crippen molar-refractivity contribution in [3.63, 3.8) is 0 Å².